The van der Waals surface area contributed by atoms with Crippen LogP contribution >= 0.6 is 11.8 Å². The van der Waals surface area contributed by atoms with Crippen molar-refractivity contribution in [3.8, 4) is 22.9 Å². The Bertz CT molecular complexity index is 1680. The van der Waals surface area contributed by atoms with E-state index in [1.165, 1.54) is 57.1 Å². The highest BCUT2D eigenvalue weighted by molar-refractivity contribution is 8.00. The molecular formula is C24H22N6O7S. The average molecular weight is 539 g/mol. The molecule has 0 aliphatic carbocycles. The molecular weight excluding hydrogens is 516 g/mol. The molecule has 14 heteroatoms. The minimum absolute atomic E-state index is 0.0898. The van der Waals surface area contributed by atoms with E-state index in [4.69, 9.17) is 9.47 Å². The maximum atomic E-state index is 13.0. The van der Waals surface area contributed by atoms with Crippen molar-refractivity contribution < 1.29 is 19.2 Å². The number of ether oxygens (including phenoxy) is 2. The Balaban J connectivity index is 1.74. The fourth-order valence-electron chi connectivity index (χ4n) is 3.64. The summed E-state index contributed by atoms with van der Waals surface area (Å²) in [5.41, 5.74) is -0.246. The lowest BCUT2D eigenvalue weighted by molar-refractivity contribution is -0.384. The Morgan fingerprint density at radius 1 is 1.03 bits per heavy atom. The van der Waals surface area contributed by atoms with Gasteiger partial charge >= 0.3 is 5.69 Å². The zero-order valence-corrected chi connectivity index (χ0v) is 21.6. The van der Waals surface area contributed by atoms with Crippen molar-refractivity contribution in [1.82, 2.24) is 19.1 Å². The van der Waals surface area contributed by atoms with E-state index in [0.717, 1.165) is 16.3 Å². The number of carbonyl (C=O) groups is 1. The smallest absolute Gasteiger partial charge is 0.332 e. The van der Waals surface area contributed by atoms with Gasteiger partial charge in [0.15, 0.2) is 23.0 Å². The molecule has 1 N–H and O–H groups in total. The highest BCUT2D eigenvalue weighted by atomic mass is 32.2. The van der Waals surface area contributed by atoms with Gasteiger partial charge in [0.2, 0.25) is 5.91 Å². The van der Waals surface area contributed by atoms with Gasteiger partial charge in [-0.05, 0) is 30.3 Å². The van der Waals surface area contributed by atoms with Crippen LogP contribution < -0.4 is 26.0 Å². The molecule has 4 rings (SSSR count). The molecule has 2 aromatic heterocycles. The summed E-state index contributed by atoms with van der Waals surface area (Å²) in [6.45, 7) is 0. The Kier molecular flexibility index (Phi) is 7.43. The van der Waals surface area contributed by atoms with Gasteiger partial charge in [0.05, 0.1) is 24.9 Å². The number of aryl methyl sites for hydroxylation is 1. The summed E-state index contributed by atoms with van der Waals surface area (Å²) >= 11 is 0.993. The number of nitrogens with one attached hydrogen (secondary N) is 1. The van der Waals surface area contributed by atoms with Crippen molar-refractivity contribution in [2.75, 3.05) is 25.3 Å². The SMILES string of the molecule is COc1ccc(-c2nc(SCC(=O)Nc3ccc([N+](=O)[O-])cc3)c3c(=O)n(C)c(=O)n(C)c3n2)cc1OC. The molecule has 38 heavy (non-hydrogen) atoms. The number of nitro groups is 1. The molecule has 2 aromatic carbocycles. The van der Waals surface area contributed by atoms with E-state index in [2.05, 4.69) is 15.3 Å². The van der Waals surface area contributed by atoms with E-state index in [9.17, 15) is 24.5 Å². The van der Waals surface area contributed by atoms with Crippen molar-refractivity contribution in [3.05, 3.63) is 73.4 Å². The highest BCUT2D eigenvalue weighted by Gasteiger charge is 2.20. The van der Waals surface area contributed by atoms with Crippen molar-refractivity contribution in [3.63, 3.8) is 0 Å². The maximum Gasteiger partial charge on any atom is 0.332 e. The van der Waals surface area contributed by atoms with Crippen LogP contribution in [0.5, 0.6) is 11.5 Å². The number of nitro benzene ring substituents is 1. The zero-order chi connectivity index (χ0) is 27.6. The number of rotatable bonds is 8. The number of hydrogen-bond donors (Lipinski definition) is 1. The number of carbonyl (C=O) groups excluding carboxylic acids is 1. The molecule has 0 saturated carbocycles. The largest absolute Gasteiger partial charge is 0.493 e. The summed E-state index contributed by atoms with van der Waals surface area (Å²) < 4.78 is 12.8. The first-order valence-electron chi connectivity index (χ1n) is 11.0. The second-order valence-corrected chi connectivity index (χ2v) is 8.93. The lowest BCUT2D eigenvalue weighted by Crippen LogP contribution is -2.37. The molecule has 0 aliphatic rings. The standard InChI is InChI=1S/C24H22N6O7S/c1-28-21-19(23(32)29(2)24(28)33)22(27-20(26-21)13-5-10-16(36-3)17(11-13)37-4)38-12-18(31)25-14-6-8-15(9-7-14)30(34)35/h5-11H,12H2,1-4H3,(H,25,31). The minimum Gasteiger partial charge on any atom is -0.493 e. The topological polar surface area (TPSA) is 160 Å². The van der Waals surface area contributed by atoms with Crippen molar-refractivity contribution in [2.24, 2.45) is 14.1 Å². The highest BCUT2D eigenvalue weighted by Crippen LogP contribution is 2.33. The number of amides is 1. The Morgan fingerprint density at radius 3 is 2.34 bits per heavy atom. The second-order valence-electron chi connectivity index (χ2n) is 7.97. The van der Waals surface area contributed by atoms with Gasteiger partial charge in [-0.1, -0.05) is 11.8 Å². The summed E-state index contributed by atoms with van der Waals surface area (Å²) in [5, 5.41) is 13.8. The van der Waals surface area contributed by atoms with E-state index >= 15 is 0 Å². The first kappa shape index (κ1) is 26.3. The number of methoxy groups -OCH3 is 2. The van der Waals surface area contributed by atoms with Crippen molar-refractivity contribution >= 4 is 40.1 Å². The third-order valence-corrected chi connectivity index (χ3v) is 6.59. The van der Waals surface area contributed by atoms with Crippen LogP contribution in [0.25, 0.3) is 22.4 Å². The van der Waals surface area contributed by atoms with Crippen LogP contribution in [0.2, 0.25) is 0 Å². The lowest BCUT2D eigenvalue weighted by Gasteiger charge is -2.13. The molecule has 1 amide bonds. The molecule has 0 saturated heterocycles. The molecule has 0 bridgehead atoms. The van der Waals surface area contributed by atoms with Gasteiger partial charge in [-0.25, -0.2) is 14.8 Å². The minimum atomic E-state index is -0.597. The molecule has 0 aliphatic heterocycles. The molecule has 196 valence electrons. The Hall–Kier alpha value is -4.72. The van der Waals surface area contributed by atoms with Crippen LogP contribution in [0.4, 0.5) is 11.4 Å². The third kappa shape index (κ3) is 5.06. The summed E-state index contributed by atoms with van der Waals surface area (Å²) in [5.74, 6) is 0.574. The third-order valence-electron chi connectivity index (χ3n) is 5.61. The van der Waals surface area contributed by atoms with Crippen LogP contribution in [0, 0.1) is 10.1 Å². The van der Waals surface area contributed by atoms with E-state index in [1.807, 2.05) is 0 Å². The molecule has 2 heterocycles. The first-order valence-corrected chi connectivity index (χ1v) is 12.0. The fourth-order valence-corrected chi connectivity index (χ4v) is 4.45. The number of thioether (sulfide) groups is 1. The van der Waals surface area contributed by atoms with Crippen molar-refractivity contribution in [1.29, 1.82) is 0 Å². The van der Waals surface area contributed by atoms with E-state index < -0.39 is 22.1 Å². The fraction of sp³-hybridized carbons (Fsp3) is 0.208. The quantitative estimate of drug-likeness (QED) is 0.153. The number of nitrogens with zero attached hydrogens (tertiary/aromatic N) is 5. The van der Waals surface area contributed by atoms with Gasteiger partial charge in [-0.2, -0.15) is 0 Å². The maximum absolute atomic E-state index is 13.0. The van der Waals surface area contributed by atoms with E-state index in [0.29, 0.717) is 22.7 Å². The number of benzene rings is 2. The van der Waals surface area contributed by atoms with E-state index in [-0.39, 0.29) is 33.3 Å². The summed E-state index contributed by atoms with van der Waals surface area (Å²) in [6, 6.07) is 10.4. The molecule has 13 nitrogen and oxygen atoms in total. The summed E-state index contributed by atoms with van der Waals surface area (Å²) in [7, 11) is 5.83. The van der Waals surface area contributed by atoms with Crippen LogP contribution in [0.1, 0.15) is 0 Å². The monoisotopic (exact) mass is 538 g/mol. The molecule has 0 radical (unpaired) electrons. The number of non-ortho nitro benzene ring substituents is 1. The van der Waals surface area contributed by atoms with Gasteiger partial charge in [0.25, 0.3) is 11.2 Å². The van der Waals surface area contributed by atoms with Crippen LogP contribution in [-0.2, 0) is 18.9 Å². The van der Waals surface area contributed by atoms with Crippen LogP contribution in [0.3, 0.4) is 0 Å². The summed E-state index contributed by atoms with van der Waals surface area (Å²) in [6.07, 6.45) is 0. The molecule has 0 spiro atoms. The Labute approximate surface area is 219 Å². The van der Waals surface area contributed by atoms with Crippen LogP contribution in [0.15, 0.2) is 57.1 Å². The van der Waals surface area contributed by atoms with E-state index in [1.54, 1.807) is 18.2 Å². The number of hydrogen-bond acceptors (Lipinski definition) is 10. The number of fused-ring (bicyclic) bond motifs is 1. The summed E-state index contributed by atoms with van der Waals surface area (Å²) in [4.78, 5) is 57.6. The van der Waals surface area contributed by atoms with Crippen LogP contribution in [-0.4, -0.2) is 49.9 Å². The van der Waals surface area contributed by atoms with Gasteiger partial charge in [-0.15, -0.1) is 0 Å². The predicted octanol–water partition coefficient (Wildman–Crippen LogP) is 2.35. The number of anilines is 1. The van der Waals surface area contributed by atoms with Gasteiger partial charge in [-0.3, -0.25) is 28.8 Å². The predicted molar refractivity (Wildman–Crippen MR) is 141 cm³/mol. The lowest BCUT2D eigenvalue weighted by atomic mass is 10.2. The normalized spacial score (nSPS) is 10.8. The number of aromatic nitrogens is 4. The van der Waals surface area contributed by atoms with Crippen molar-refractivity contribution in [2.45, 2.75) is 5.03 Å². The molecule has 0 fully saturated rings. The van der Waals surface area contributed by atoms with Gasteiger partial charge in [0.1, 0.15) is 10.4 Å². The zero-order valence-electron chi connectivity index (χ0n) is 20.8. The second kappa shape index (κ2) is 10.7. The first-order chi connectivity index (χ1) is 18.1. The average Bonchev–Trinajstić information content (AvgIpc) is 2.93. The molecule has 4 aromatic rings. The molecule has 0 unspecified atom stereocenters. The molecule has 0 atom stereocenters. The van der Waals surface area contributed by atoms with Gasteiger partial charge in [0, 0.05) is 37.5 Å². The van der Waals surface area contributed by atoms with Gasteiger partial charge < -0.3 is 14.8 Å². The Morgan fingerprint density at radius 2 is 1.71 bits per heavy atom.